The maximum Gasteiger partial charge on any atom is 0.512 e. The van der Waals surface area contributed by atoms with Crippen LogP contribution in [0.4, 0.5) is 12.9 Å². The lowest BCUT2D eigenvalue weighted by atomic mass is 9.79. The Morgan fingerprint density at radius 1 is 1.42 bits per heavy atom. The minimum Gasteiger partial charge on any atom is -0.445 e. The molecule has 0 bridgehead atoms. The average molecular weight is 171 g/mol. The molecule has 0 aliphatic heterocycles. The van der Waals surface area contributed by atoms with Crippen molar-refractivity contribution >= 4 is 12.4 Å². The standard InChI is InChI=1S/C6H3BF3N2/c8-7(9,10)5-2-1-3-12-6(5)4-11/h1-3H/q-1. The highest BCUT2D eigenvalue weighted by Gasteiger charge is 2.28. The van der Waals surface area contributed by atoms with E-state index in [-0.39, 0.29) is 0 Å². The first-order valence-electron chi connectivity index (χ1n) is 3.10. The van der Waals surface area contributed by atoms with Crippen molar-refractivity contribution < 1.29 is 12.9 Å². The highest BCUT2D eigenvalue weighted by molar-refractivity contribution is 6.74. The number of rotatable bonds is 1. The first-order valence-corrected chi connectivity index (χ1v) is 3.10. The van der Waals surface area contributed by atoms with Gasteiger partial charge in [0, 0.05) is 6.20 Å². The molecule has 0 amide bonds. The Bertz CT molecular complexity index is 328. The molecule has 0 spiro atoms. The first kappa shape index (κ1) is 8.59. The van der Waals surface area contributed by atoms with Gasteiger partial charge in [0.2, 0.25) is 0 Å². The molecular formula is C6H3BF3N2-. The van der Waals surface area contributed by atoms with Crippen LogP contribution in [-0.2, 0) is 0 Å². The second-order valence-electron chi connectivity index (χ2n) is 2.13. The molecule has 0 unspecified atom stereocenters. The Morgan fingerprint density at radius 3 is 2.50 bits per heavy atom. The van der Waals surface area contributed by atoms with Gasteiger partial charge >= 0.3 is 6.98 Å². The second kappa shape index (κ2) is 2.85. The third-order valence-electron chi connectivity index (χ3n) is 1.30. The van der Waals surface area contributed by atoms with Crippen molar-refractivity contribution in [3.63, 3.8) is 0 Å². The molecule has 1 aromatic rings. The summed E-state index contributed by atoms with van der Waals surface area (Å²) in [4.78, 5) is 3.30. The van der Waals surface area contributed by atoms with Crippen LogP contribution in [0.15, 0.2) is 18.3 Å². The zero-order chi connectivity index (χ0) is 9.19. The lowest BCUT2D eigenvalue weighted by molar-refractivity contribution is 0.500. The van der Waals surface area contributed by atoms with Gasteiger partial charge in [-0.25, -0.2) is 4.98 Å². The van der Waals surface area contributed by atoms with E-state index in [9.17, 15) is 12.9 Å². The fourth-order valence-corrected chi connectivity index (χ4v) is 0.775. The van der Waals surface area contributed by atoms with E-state index >= 15 is 0 Å². The van der Waals surface area contributed by atoms with Gasteiger partial charge in [0.05, 0.1) is 0 Å². The maximum atomic E-state index is 12.1. The van der Waals surface area contributed by atoms with E-state index in [0.29, 0.717) is 0 Å². The molecule has 0 saturated heterocycles. The molecule has 0 fully saturated rings. The largest absolute Gasteiger partial charge is 0.512 e. The van der Waals surface area contributed by atoms with Crippen molar-refractivity contribution in [1.29, 1.82) is 5.26 Å². The third kappa shape index (κ3) is 1.56. The summed E-state index contributed by atoms with van der Waals surface area (Å²) in [6.07, 6.45) is 1.16. The zero-order valence-corrected chi connectivity index (χ0v) is 5.84. The van der Waals surface area contributed by atoms with Gasteiger partial charge < -0.3 is 12.9 Å². The Balaban J connectivity index is 3.26. The smallest absolute Gasteiger partial charge is 0.445 e. The zero-order valence-electron chi connectivity index (χ0n) is 5.84. The lowest BCUT2D eigenvalue weighted by Gasteiger charge is -2.14. The summed E-state index contributed by atoms with van der Waals surface area (Å²) in [7, 11) is 0. The van der Waals surface area contributed by atoms with Crippen molar-refractivity contribution in [2.24, 2.45) is 0 Å². The van der Waals surface area contributed by atoms with Gasteiger partial charge in [-0.15, -0.1) is 0 Å². The van der Waals surface area contributed by atoms with Crippen LogP contribution in [0.3, 0.4) is 0 Å². The molecule has 6 heteroatoms. The molecule has 0 radical (unpaired) electrons. The molecule has 0 aliphatic carbocycles. The lowest BCUT2D eigenvalue weighted by Crippen LogP contribution is -2.36. The number of hydrogen-bond donors (Lipinski definition) is 0. The number of aromatic nitrogens is 1. The highest BCUT2D eigenvalue weighted by atomic mass is 19.4. The van der Waals surface area contributed by atoms with Gasteiger partial charge in [0.15, 0.2) is 0 Å². The maximum absolute atomic E-state index is 12.1. The number of nitriles is 1. The molecule has 12 heavy (non-hydrogen) atoms. The number of halogens is 3. The molecule has 0 aromatic carbocycles. The van der Waals surface area contributed by atoms with Crippen molar-refractivity contribution in [2.75, 3.05) is 0 Å². The van der Waals surface area contributed by atoms with E-state index < -0.39 is 18.1 Å². The molecule has 0 atom stereocenters. The Kier molecular flexibility index (Phi) is 2.04. The summed E-state index contributed by atoms with van der Waals surface area (Å²) in [5.41, 5.74) is -1.50. The van der Waals surface area contributed by atoms with E-state index in [2.05, 4.69) is 4.98 Å². The van der Waals surface area contributed by atoms with Gasteiger partial charge in [0.1, 0.15) is 11.8 Å². The summed E-state index contributed by atoms with van der Waals surface area (Å²) in [5.74, 6) is 0. The number of pyridine rings is 1. The van der Waals surface area contributed by atoms with Crippen LogP contribution in [0.1, 0.15) is 5.69 Å². The summed E-state index contributed by atoms with van der Waals surface area (Å²) in [6, 6.07) is 3.40. The predicted molar refractivity (Wildman–Crippen MR) is 37.7 cm³/mol. The number of nitrogens with zero attached hydrogens (tertiary/aromatic N) is 2. The van der Waals surface area contributed by atoms with E-state index in [1.807, 2.05) is 0 Å². The molecule has 1 heterocycles. The molecule has 1 aromatic heterocycles. The van der Waals surface area contributed by atoms with Gasteiger partial charge in [-0.1, -0.05) is 11.5 Å². The SMILES string of the molecule is N#Cc1ncccc1[B-](F)(F)F. The van der Waals surface area contributed by atoms with E-state index in [0.717, 1.165) is 18.3 Å². The minimum atomic E-state index is -5.12. The van der Waals surface area contributed by atoms with Crippen molar-refractivity contribution in [3.05, 3.63) is 24.0 Å². The Hall–Kier alpha value is -1.51. The molecular weight excluding hydrogens is 168 g/mol. The first-order chi connectivity index (χ1) is 5.55. The van der Waals surface area contributed by atoms with Gasteiger partial charge in [-0.05, 0) is 6.07 Å². The highest BCUT2D eigenvalue weighted by Crippen LogP contribution is 2.09. The molecule has 2 nitrogen and oxygen atoms in total. The van der Waals surface area contributed by atoms with Crippen LogP contribution in [0, 0.1) is 11.3 Å². The Morgan fingerprint density at radius 2 is 2.08 bits per heavy atom. The van der Waals surface area contributed by atoms with Gasteiger partial charge in [-0.3, -0.25) is 0 Å². The van der Waals surface area contributed by atoms with Crippen LogP contribution in [0.25, 0.3) is 0 Å². The fourth-order valence-electron chi connectivity index (χ4n) is 0.775. The van der Waals surface area contributed by atoms with E-state index in [1.165, 1.54) is 6.07 Å². The minimum absolute atomic E-state index is 0.565. The van der Waals surface area contributed by atoms with Crippen LogP contribution in [-0.4, -0.2) is 12.0 Å². The Labute approximate surface area is 66.7 Å². The van der Waals surface area contributed by atoms with Crippen molar-refractivity contribution in [3.8, 4) is 6.07 Å². The molecule has 62 valence electrons. The van der Waals surface area contributed by atoms with Crippen LogP contribution in [0.5, 0.6) is 0 Å². The van der Waals surface area contributed by atoms with Crippen molar-refractivity contribution in [1.82, 2.24) is 4.98 Å². The molecule has 0 N–H and O–H groups in total. The normalized spacial score (nSPS) is 10.8. The summed E-state index contributed by atoms with van der Waals surface area (Å²) < 4.78 is 36.3. The molecule has 0 aliphatic rings. The van der Waals surface area contributed by atoms with Crippen molar-refractivity contribution in [2.45, 2.75) is 0 Å². The van der Waals surface area contributed by atoms with E-state index in [4.69, 9.17) is 5.26 Å². The van der Waals surface area contributed by atoms with Crippen LogP contribution in [0.2, 0.25) is 0 Å². The topological polar surface area (TPSA) is 36.7 Å². The fraction of sp³-hybridized carbons (Fsp3) is 0. The molecule has 0 saturated carbocycles. The third-order valence-corrected chi connectivity index (χ3v) is 1.30. The summed E-state index contributed by atoms with van der Waals surface area (Å²) in [5, 5.41) is 8.28. The average Bonchev–Trinajstić information content (AvgIpc) is 2.03. The van der Waals surface area contributed by atoms with Crippen LogP contribution < -0.4 is 5.46 Å². The second-order valence-corrected chi connectivity index (χ2v) is 2.13. The predicted octanol–water partition coefficient (Wildman–Crippen LogP) is 1.01. The monoisotopic (exact) mass is 171 g/mol. The summed E-state index contributed by atoms with van der Waals surface area (Å²) in [6.45, 7) is -5.12. The van der Waals surface area contributed by atoms with Crippen LogP contribution >= 0.6 is 0 Å². The van der Waals surface area contributed by atoms with Gasteiger partial charge in [0.25, 0.3) is 0 Å². The van der Waals surface area contributed by atoms with E-state index in [1.54, 1.807) is 0 Å². The summed E-state index contributed by atoms with van der Waals surface area (Å²) >= 11 is 0. The molecule has 1 rings (SSSR count). The quantitative estimate of drug-likeness (QED) is 0.591. The van der Waals surface area contributed by atoms with Gasteiger partial charge in [-0.2, -0.15) is 5.26 Å². The number of hydrogen-bond acceptors (Lipinski definition) is 2.